The van der Waals surface area contributed by atoms with Crippen LogP contribution in [0.25, 0.3) is 0 Å². The Hall–Kier alpha value is -3.85. The van der Waals surface area contributed by atoms with Crippen LogP contribution in [0.2, 0.25) is 0 Å². The predicted octanol–water partition coefficient (Wildman–Crippen LogP) is 4.42. The number of carbonyl (C=O) groups excluding carboxylic acids is 2. The van der Waals surface area contributed by atoms with Gasteiger partial charge in [-0.1, -0.05) is 36.4 Å². The lowest BCUT2D eigenvalue weighted by Gasteiger charge is -2.35. The van der Waals surface area contributed by atoms with Crippen LogP contribution in [0.3, 0.4) is 0 Å². The number of rotatable bonds is 1. The summed E-state index contributed by atoms with van der Waals surface area (Å²) in [6, 6.07) is 19.2. The fourth-order valence-corrected chi connectivity index (χ4v) is 4.87. The molecule has 2 aliphatic heterocycles. The summed E-state index contributed by atoms with van der Waals surface area (Å²) in [4.78, 5) is 28.9. The van der Waals surface area contributed by atoms with Crippen molar-refractivity contribution >= 4 is 29.0 Å². The summed E-state index contributed by atoms with van der Waals surface area (Å²) in [5, 5.41) is 12.9. The molecule has 154 valence electrons. The zero-order valence-electron chi connectivity index (χ0n) is 17.6. The Labute approximate surface area is 180 Å². The highest BCUT2D eigenvalue weighted by atomic mass is 16.2. The second-order valence-electron chi connectivity index (χ2n) is 9.04. The summed E-state index contributed by atoms with van der Waals surface area (Å²) in [7, 11) is 0. The first-order valence-corrected chi connectivity index (χ1v) is 10.2. The Morgan fingerprint density at radius 2 is 1.71 bits per heavy atom. The average molecular weight is 410 g/mol. The Bertz CT molecular complexity index is 1280. The van der Waals surface area contributed by atoms with Gasteiger partial charge in [0, 0.05) is 29.4 Å². The van der Waals surface area contributed by atoms with Crippen LogP contribution in [0.5, 0.6) is 0 Å². The number of fused-ring (bicyclic) bond motifs is 4. The number of hydrogen-bond acceptors (Lipinski definition) is 3. The highest BCUT2D eigenvalue weighted by Gasteiger charge is 2.58. The molecule has 0 saturated heterocycles. The van der Waals surface area contributed by atoms with Crippen LogP contribution in [0.4, 0.5) is 17.2 Å². The maximum Gasteiger partial charge on any atom is 0.247 e. The minimum absolute atomic E-state index is 0.0397. The summed E-state index contributed by atoms with van der Waals surface area (Å²) in [5.74, 6) is 0.0798. The molecule has 2 aliphatic rings. The van der Waals surface area contributed by atoms with Crippen molar-refractivity contribution in [1.29, 1.82) is 5.26 Å². The van der Waals surface area contributed by atoms with Crippen molar-refractivity contribution in [2.24, 2.45) is 0 Å². The predicted molar refractivity (Wildman–Crippen MR) is 118 cm³/mol. The molecule has 1 atom stereocenters. The number of benzene rings is 2. The van der Waals surface area contributed by atoms with Gasteiger partial charge in [0.1, 0.15) is 17.3 Å². The van der Waals surface area contributed by atoms with Gasteiger partial charge in [-0.05, 0) is 44.5 Å². The number of nitrogens with zero attached hydrogens (tertiary/aromatic N) is 3. The number of carbonyl (C=O) groups is 2. The van der Waals surface area contributed by atoms with Crippen molar-refractivity contribution in [3.63, 3.8) is 0 Å². The second-order valence-corrected chi connectivity index (χ2v) is 9.04. The van der Waals surface area contributed by atoms with Crippen molar-refractivity contribution < 1.29 is 9.59 Å². The molecule has 1 N–H and O–H groups in total. The molecule has 0 aliphatic carbocycles. The van der Waals surface area contributed by atoms with E-state index in [4.69, 9.17) is 0 Å². The Kier molecular flexibility index (Phi) is 3.90. The third kappa shape index (κ3) is 2.50. The number of aromatic nitrogens is 1. The molecule has 6 heteroatoms. The molecule has 0 saturated carbocycles. The second kappa shape index (κ2) is 6.32. The Morgan fingerprint density at radius 1 is 1.03 bits per heavy atom. The Balaban J connectivity index is 1.86. The van der Waals surface area contributed by atoms with Crippen LogP contribution in [-0.2, 0) is 20.5 Å². The first-order valence-electron chi connectivity index (χ1n) is 10.2. The van der Waals surface area contributed by atoms with Gasteiger partial charge < -0.3 is 9.88 Å². The van der Waals surface area contributed by atoms with Gasteiger partial charge in [-0.2, -0.15) is 5.26 Å². The van der Waals surface area contributed by atoms with E-state index >= 15 is 0 Å². The van der Waals surface area contributed by atoms with Crippen LogP contribution in [-0.4, -0.2) is 16.4 Å². The summed E-state index contributed by atoms with van der Waals surface area (Å²) in [6.07, 6.45) is 1.71. The molecule has 5 rings (SSSR count). The summed E-state index contributed by atoms with van der Waals surface area (Å²) in [6.45, 7) is 6.01. The highest BCUT2D eigenvalue weighted by Crippen LogP contribution is 2.55. The standard InChI is InChI=1S/C25H22N4O2/c1-24(2,3)28-15-16(14-26)21-22(28)27-20(30)13-25(21)18-11-7-8-12-19(18)29(23(25)31)17-9-5-4-6-10-17/h4-12,15H,13H2,1-3H3,(H,27,30)/t25-/m1/s1. The van der Waals surface area contributed by atoms with E-state index in [0.717, 1.165) is 16.9 Å². The van der Waals surface area contributed by atoms with Crippen molar-refractivity contribution in [3.05, 3.63) is 77.5 Å². The number of anilines is 3. The molecule has 6 nitrogen and oxygen atoms in total. The van der Waals surface area contributed by atoms with Crippen LogP contribution >= 0.6 is 0 Å². The van der Waals surface area contributed by atoms with Gasteiger partial charge in [-0.3, -0.25) is 14.5 Å². The topological polar surface area (TPSA) is 78.1 Å². The van der Waals surface area contributed by atoms with E-state index in [1.807, 2.05) is 79.9 Å². The molecular weight excluding hydrogens is 388 g/mol. The summed E-state index contributed by atoms with van der Waals surface area (Å²) >= 11 is 0. The van der Waals surface area contributed by atoms with Gasteiger partial charge in [0.05, 0.1) is 11.3 Å². The zero-order valence-corrected chi connectivity index (χ0v) is 17.6. The van der Waals surface area contributed by atoms with E-state index in [1.165, 1.54) is 0 Å². The van der Waals surface area contributed by atoms with Crippen molar-refractivity contribution in [2.45, 2.75) is 38.1 Å². The average Bonchev–Trinajstić information content (AvgIpc) is 3.23. The van der Waals surface area contributed by atoms with Crippen LogP contribution in [0.15, 0.2) is 60.8 Å². The molecular formula is C25H22N4O2. The first kappa shape index (κ1) is 19.1. The van der Waals surface area contributed by atoms with Gasteiger partial charge in [-0.15, -0.1) is 0 Å². The molecule has 2 aromatic carbocycles. The van der Waals surface area contributed by atoms with Crippen molar-refractivity contribution in [3.8, 4) is 6.07 Å². The molecule has 0 radical (unpaired) electrons. The minimum Gasteiger partial charge on any atom is -0.328 e. The lowest BCUT2D eigenvalue weighted by Crippen LogP contribution is -2.46. The molecule has 31 heavy (non-hydrogen) atoms. The van der Waals surface area contributed by atoms with Gasteiger partial charge in [0.15, 0.2) is 0 Å². The van der Waals surface area contributed by atoms with E-state index in [1.54, 1.807) is 11.1 Å². The fourth-order valence-electron chi connectivity index (χ4n) is 4.87. The smallest absolute Gasteiger partial charge is 0.247 e. The number of nitriles is 1. The molecule has 3 heterocycles. The molecule has 0 bridgehead atoms. The lowest BCUT2D eigenvalue weighted by molar-refractivity contribution is -0.126. The number of hydrogen-bond donors (Lipinski definition) is 1. The first-order chi connectivity index (χ1) is 14.8. The maximum atomic E-state index is 14.2. The number of para-hydroxylation sites is 2. The van der Waals surface area contributed by atoms with Gasteiger partial charge in [-0.25, -0.2) is 0 Å². The van der Waals surface area contributed by atoms with Gasteiger partial charge in [0.25, 0.3) is 0 Å². The molecule has 1 spiro atoms. The maximum absolute atomic E-state index is 14.2. The summed E-state index contributed by atoms with van der Waals surface area (Å²) < 4.78 is 1.89. The number of amides is 2. The van der Waals surface area contributed by atoms with Gasteiger partial charge in [0.2, 0.25) is 11.8 Å². The van der Waals surface area contributed by atoms with E-state index in [0.29, 0.717) is 16.9 Å². The largest absolute Gasteiger partial charge is 0.328 e. The normalized spacial score (nSPS) is 19.7. The monoisotopic (exact) mass is 410 g/mol. The number of nitrogens with one attached hydrogen (secondary N) is 1. The van der Waals surface area contributed by atoms with Crippen LogP contribution in [0.1, 0.15) is 43.9 Å². The third-order valence-corrected chi connectivity index (χ3v) is 6.15. The molecule has 3 aromatic rings. The summed E-state index contributed by atoms with van der Waals surface area (Å²) in [5.41, 5.74) is 1.59. The zero-order chi connectivity index (χ0) is 22.0. The molecule has 0 unspecified atom stereocenters. The van der Waals surface area contributed by atoms with Crippen LogP contribution < -0.4 is 10.2 Å². The minimum atomic E-state index is -1.24. The van der Waals surface area contributed by atoms with E-state index in [-0.39, 0.29) is 23.8 Å². The van der Waals surface area contributed by atoms with Crippen molar-refractivity contribution in [1.82, 2.24) is 4.57 Å². The van der Waals surface area contributed by atoms with E-state index < -0.39 is 5.41 Å². The Morgan fingerprint density at radius 3 is 2.39 bits per heavy atom. The highest BCUT2D eigenvalue weighted by molar-refractivity contribution is 6.19. The third-order valence-electron chi connectivity index (χ3n) is 6.15. The lowest BCUT2D eigenvalue weighted by atomic mass is 9.70. The van der Waals surface area contributed by atoms with E-state index in [2.05, 4.69) is 11.4 Å². The molecule has 2 amide bonds. The molecule has 0 fully saturated rings. The van der Waals surface area contributed by atoms with Gasteiger partial charge >= 0.3 is 0 Å². The SMILES string of the molecule is CC(C)(C)n1cc(C#N)c2c1NC(=O)C[C@]21C(=O)N(c2ccccc2)c2ccccc21. The fraction of sp³-hybridized carbons (Fsp3) is 0.240. The molecule has 1 aromatic heterocycles. The van der Waals surface area contributed by atoms with E-state index in [9.17, 15) is 14.9 Å². The van der Waals surface area contributed by atoms with Crippen LogP contribution in [0, 0.1) is 11.3 Å². The van der Waals surface area contributed by atoms with Crippen molar-refractivity contribution in [2.75, 3.05) is 10.2 Å². The quantitative estimate of drug-likeness (QED) is 0.645.